The number of anilines is 1. The Balaban J connectivity index is 1.67. The van der Waals surface area contributed by atoms with E-state index in [1.807, 2.05) is 6.92 Å². The number of amides is 1. The number of ketones is 1. The Morgan fingerprint density at radius 2 is 1.73 bits per heavy atom. The average Bonchev–Trinajstić information content (AvgIpc) is 3.47. The van der Waals surface area contributed by atoms with E-state index < -0.39 is 35.1 Å². The van der Waals surface area contributed by atoms with Gasteiger partial charge in [0.2, 0.25) is 0 Å². The zero-order valence-corrected chi connectivity index (χ0v) is 23.5. The molecule has 1 aliphatic rings. The van der Waals surface area contributed by atoms with Gasteiger partial charge in [-0.25, -0.2) is 13.8 Å². The van der Waals surface area contributed by atoms with Crippen LogP contribution in [0, 0.1) is 17.6 Å². The standard InChI is InChI=1S/C31H28F2N2O5S/c1-4-39-24-15-19(7-12-23(24)40-14-13-17(2)3)27-26(28(36)18-5-8-20(32)9-6-18)29(37)30(38)35(27)31-34-22-11-10-21(33)16-25(22)41-31/h5-12,15-17,27,36H,4,13-14H2,1-3H3. The smallest absolute Gasteiger partial charge is 0.301 e. The molecule has 3 aromatic carbocycles. The van der Waals surface area contributed by atoms with E-state index in [2.05, 4.69) is 18.8 Å². The highest BCUT2D eigenvalue weighted by Crippen LogP contribution is 2.46. The number of fused-ring (bicyclic) bond motifs is 1. The molecule has 1 aliphatic heterocycles. The molecule has 0 bridgehead atoms. The lowest BCUT2D eigenvalue weighted by atomic mass is 9.95. The highest BCUT2D eigenvalue weighted by Gasteiger charge is 2.48. The summed E-state index contributed by atoms with van der Waals surface area (Å²) in [6.45, 7) is 6.82. The summed E-state index contributed by atoms with van der Waals surface area (Å²) in [5.41, 5.74) is 0.884. The van der Waals surface area contributed by atoms with Crippen LogP contribution in [0.1, 0.15) is 44.4 Å². The number of ether oxygens (including phenoxy) is 2. The second kappa shape index (κ2) is 11.7. The molecule has 0 spiro atoms. The highest BCUT2D eigenvalue weighted by atomic mass is 32.1. The predicted octanol–water partition coefficient (Wildman–Crippen LogP) is 7.02. The van der Waals surface area contributed by atoms with E-state index in [-0.39, 0.29) is 16.3 Å². The summed E-state index contributed by atoms with van der Waals surface area (Å²) in [5, 5.41) is 11.5. The molecule has 1 atom stereocenters. The highest BCUT2D eigenvalue weighted by molar-refractivity contribution is 7.22. The van der Waals surface area contributed by atoms with Gasteiger partial charge in [0, 0.05) is 5.56 Å². The van der Waals surface area contributed by atoms with Gasteiger partial charge in [0.25, 0.3) is 5.78 Å². The van der Waals surface area contributed by atoms with E-state index in [1.165, 1.54) is 35.2 Å². The number of rotatable bonds is 9. The Bertz CT molecular complexity index is 1650. The molecule has 1 aromatic heterocycles. The number of hydrogen-bond acceptors (Lipinski definition) is 7. The number of hydrogen-bond donors (Lipinski definition) is 1. The fourth-order valence-corrected chi connectivity index (χ4v) is 5.60. The average molecular weight is 579 g/mol. The van der Waals surface area contributed by atoms with Gasteiger partial charge >= 0.3 is 5.91 Å². The number of aromatic nitrogens is 1. The summed E-state index contributed by atoms with van der Waals surface area (Å²) in [6, 6.07) is 13.0. The number of benzene rings is 3. The monoisotopic (exact) mass is 578 g/mol. The first-order chi connectivity index (χ1) is 19.7. The molecule has 0 saturated carbocycles. The lowest BCUT2D eigenvalue weighted by molar-refractivity contribution is -0.132. The normalized spacial score (nSPS) is 16.6. The zero-order valence-electron chi connectivity index (χ0n) is 22.7. The number of carbonyl (C=O) groups is 2. The molecule has 0 radical (unpaired) electrons. The van der Waals surface area contributed by atoms with Gasteiger partial charge in [0.15, 0.2) is 16.6 Å². The van der Waals surface area contributed by atoms with Crippen molar-refractivity contribution in [3.05, 3.63) is 89.0 Å². The molecule has 1 N–H and O–H groups in total. The van der Waals surface area contributed by atoms with Crippen LogP contribution in [0.4, 0.5) is 13.9 Å². The fourth-order valence-electron chi connectivity index (χ4n) is 4.58. The van der Waals surface area contributed by atoms with E-state index in [1.54, 1.807) is 18.2 Å². The zero-order chi connectivity index (χ0) is 29.3. The molecule has 4 aromatic rings. The summed E-state index contributed by atoms with van der Waals surface area (Å²) in [7, 11) is 0. The molecule has 2 heterocycles. The third kappa shape index (κ3) is 5.65. The second-order valence-electron chi connectivity index (χ2n) is 9.95. The third-order valence-electron chi connectivity index (χ3n) is 6.64. The number of Topliss-reactive ketones (excluding diaryl/α,β-unsaturated/α-hetero) is 1. The quantitative estimate of drug-likeness (QED) is 0.130. The predicted molar refractivity (Wildman–Crippen MR) is 153 cm³/mol. The van der Waals surface area contributed by atoms with Gasteiger partial charge in [-0.05, 0) is 79.4 Å². The van der Waals surface area contributed by atoms with Crippen LogP contribution in [-0.2, 0) is 9.59 Å². The number of halogens is 2. The number of aliphatic hydroxyl groups is 1. The fraction of sp³-hybridized carbons (Fsp3) is 0.258. The minimum absolute atomic E-state index is 0.158. The Morgan fingerprint density at radius 3 is 2.44 bits per heavy atom. The molecule has 212 valence electrons. The van der Waals surface area contributed by atoms with E-state index >= 15 is 0 Å². The summed E-state index contributed by atoms with van der Waals surface area (Å²) in [6.07, 6.45) is 0.837. The Kier molecular flexibility index (Phi) is 8.03. The minimum Gasteiger partial charge on any atom is -0.507 e. The summed E-state index contributed by atoms with van der Waals surface area (Å²) >= 11 is 1.05. The van der Waals surface area contributed by atoms with Crippen molar-refractivity contribution in [3.63, 3.8) is 0 Å². The van der Waals surface area contributed by atoms with Crippen LogP contribution in [0.3, 0.4) is 0 Å². The first kappa shape index (κ1) is 28.2. The molecule has 5 rings (SSSR count). The van der Waals surface area contributed by atoms with Crippen molar-refractivity contribution >= 4 is 44.1 Å². The molecule has 1 amide bonds. The van der Waals surface area contributed by atoms with Crippen molar-refractivity contribution in [2.24, 2.45) is 5.92 Å². The summed E-state index contributed by atoms with van der Waals surface area (Å²) < 4.78 is 39.9. The van der Waals surface area contributed by atoms with Crippen molar-refractivity contribution in [2.75, 3.05) is 18.1 Å². The summed E-state index contributed by atoms with van der Waals surface area (Å²) in [4.78, 5) is 32.7. The maximum absolute atomic E-state index is 13.9. The van der Waals surface area contributed by atoms with Crippen molar-refractivity contribution < 1.29 is 33.0 Å². The van der Waals surface area contributed by atoms with Crippen LogP contribution in [0.15, 0.2) is 66.2 Å². The van der Waals surface area contributed by atoms with Crippen LogP contribution in [0.5, 0.6) is 11.5 Å². The third-order valence-corrected chi connectivity index (χ3v) is 7.66. The SMILES string of the molecule is CCOc1cc(C2C(=C(O)c3ccc(F)cc3)C(=O)C(=O)N2c2nc3ccc(F)cc3s2)ccc1OCCC(C)C. The van der Waals surface area contributed by atoms with Crippen LogP contribution >= 0.6 is 11.3 Å². The van der Waals surface area contributed by atoms with Crippen molar-refractivity contribution in [3.8, 4) is 11.5 Å². The Hall–Kier alpha value is -4.31. The molecular weight excluding hydrogens is 550 g/mol. The second-order valence-corrected chi connectivity index (χ2v) is 11.0. The topological polar surface area (TPSA) is 89.0 Å². The lowest BCUT2D eigenvalue weighted by Crippen LogP contribution is -2.29. The van der Waals surface area contributed by atoms with Gasteiger partial charge in [-0.2, -0.15) is 0 Å². The molecular formula is C31H28F2N2O5S. The number of nitrogens with zero attached hydrogens (tertiary/aromatic N) is 2. The van der Waals surface area contributed by atoms with Gasteiger partial charge in [-0.15, -0.1) is 0 Å². The van der Waals surface area contributed by atoms with Crippen molar-refractivity contribution in [1.82, 2.24) is 4.98 Å². The first-order valence-corrected chi connectivity index (χ1v) is 14.0. The molecule has 1 unspecified atom stereocenters. The molecule has 7 nitrogen and oxygen atoms in total. The van der Waals surface area contributed by atoms with Crippen molar-refractivity contribution in [1.29, 1.82) is 0 Å². The summed E-state index contributed by atoms with van der Waals surface area (Å²) in [5.74, 6) is -1.93. The minimum atomic E-state index is -1.10. The van der Waals surface area contributed by atoms with E-state index in [9.17, 15) is 23.5 Å². The van der Waals surface area contributed by atoms with Crippen LogP contribution in [0.2, 0.25) is 0 Å². The molecule has 1 fully saturated rings. The van der Waals surface area contributed by atoms with E-state index in [4.69, 9.17) is 9.47 Å². The number of carbonyl (C=O) groups excluding carboxylic acids is 2. The van der Waals surface area contributed by atoms with Crippen molar-refractivity contribution in [2.45, 2.75) is 33.2 Å². The van der Waals surface area contributed by atoms with Crippen LogP contribution in [-0.4, -0.2) is 35.0 Å². The van der Waals surface area contributed by atoms with E-state index in [0.29, 0.717) is 46.4 Å². The van der Waals surface area contributed by atoms with Gasteiger partial charge in [-0.1, -0.05) is 31.3 Å². The largest absolute Gasteiger partial charge is 0.507 e. The van der Waals surface area contributed by atoms with Crippen LogP contribution in [0.25, 0.3) is 16.0 Å². The molecule has 1 saturated heterocycles. The Labute approximate surface area is 239 Å². The molecule has 10 heteroatoms. The number of aliphatic hydroxyl groups excluding tert-OH is 1. The molecule has 41 heavy (non-hydrogen) atoms. The number of thiazole rings is 1. The van der Waals surface area contributed by atoms with Gasteiger partial charge < -0.3 is 14.6 Å². The first-order valence-electron chi connectivity index (χ1n) is 13.2. The van der Waals surface area contributed by atoms with E-state index in [0.717, 1.165) is 29.9 Å². The lowest BCUT2D eigenvalue weighted by Gasteiger charge is -2.24. The Morgan fingerprint density at radius 1 is 1.00 bits per heavy atom. The van der Waals surface area contributed by atoms with Gasteiger partial charge in [0.05, 0.1) is 35.0 Å². The van der Waals surface area contributed by atoms with Gasteiger partial charge in [0.1, 0.15) is 17.4 Å². The maximum atomic E-state index is 13.9. The van der Waals surface area contributed by atoms with Gasteiger partial charge in [-0.3, -0.25) is 14.5 Å². The maximum Gasteiger partial charge on any atom is 0.301 e. The van der Waals surface area contributed by atoms with Crippen LogP contribution < -0.4 is 14.4 Å². The molecule has 0 aliphatic carbocycles.